The zero-order valence-corrected chi connectivity index (χ0v) is 24.4. The summed E-state index contributed by atoms with van der Waals surface area (Å²) in [4.78, 5) is 32.5. The van der Waals surface area contributed by atoms with E-state index in [0.29, 0.717) is 16.6 Å². The molecule has 0 saturated carbocycles. The second-order valence-corrected chi connectivity index (χ2v) is 12.0. The maximum absolute atomic E-state index is 13.7. The summed E-state index contributed by atoms with van der Waals surface area (Å²) < 4.78 is 65.5. The summed E-state index contributed by atoms with van der Waals surface area (Å²) in [6, 6.07) is 16.9. The molecule has 3 heterocycles. The van der Waals surface area contributed by atoms with Crippen LogP contribution in [0, 0.1) is 11.6 Å². The minimum atomic E-state index is -3.80. The lowest BCUT2D eigenvalue weighted by atomic mass is 10.0. The van der Waals surface area contributed by atoms with Gasteiger partial charge in [0.05, 0.1) is 23.2 Å². The third-order valence-corrected chi connectivity index (χ3v) is 8.46. The van der Waals surface area contributed by atoms with Crippen molar-refractivity contribution < 1.29 is 35.9 Å². The van der Waals surface area contributed by atoms with Crippen LogP contribution in [-0.4, -0.2) is 52.3 Å². The van der Waals surface area contributed by atoms with Crippen molar-refractivity contribution in [1.82, 2.24) is 10.3 Å². The highest BCUT2D eigenvalue weighted by Gasteiger charge is 2.31. The Morgan fingerprint density at radius 1 is 1.00 bits per heavy atom. The van der Waals surface area contributed by atoms with Crippen LogP contribution in [0.1, 0.15) is 20.8 Å². The summed E-state index contributed by atoms with van der Waals surface area (Å²) in [7, 11) is -0.996. The first-order valence-corrected chi connectivity index (χ1v) is 15.0. The Kier molecular flexibility index (Phi) is 7.04. The second kappa shape index (κ2) is 10.8. The number of pyridine rings is 1. The molecule has 3 aromatic carbocycles. The van der Waals surface area contributed by atoms with Crippen molar-refractivity contribution in [2.24, 2.45) is 0 Å². The van der Waals surface area contributed by atoms with E-state index < -0.39 is 33.5 Å². The first-order chi connectivity index (χ1) is 21.0. The number of nitrogens with zero attached hydrogens (tertiary/aromatic N) is 3. The number of sulfonamides is 1. The molecule has 0 aliphatic carbocycles. The molecule has 44 heavy (non-hydrogen) atoms. The summed E-state index contributed by atoms with van der Waals surface area (Å²) >= 11 is 0. The normalized spacial score (nSPS) is 13.0. The third kappa shape index (κ3) is 5.00. The van der Waals surface area contributed by atoms with E-state index in [1.165, 1.54) is 73.6 Å². The zero-order valence-electron chi connectivity index (χ0n) is 23.6. The van der Waals surface area contributed by atoms with Crippen LogP contribution in [0.5, 0.6) is 5.75 Å². The monoisotopic (exact) mass is 618 g/mol. The van der Waals surface area contributed by atoms with Gasteiger partial charge < -0.3 is 14.5 Å². The minimum Gasteiger partial charge on any atom is -0.470 e. The Balaban J connectivity index is 1.56. The van der Waals surface area contributed by atoms with Gasteiger partial charge in [0.1, 0.15) is 23.0 Å². The fourth-order valence-electron chi connectivity index (χ4n) is 4.93. The number of furan rings is 1. The smallest absolute Gasteiger partial charge is 0.283 e. The van der Waals surface area contributed by atoms with Gasteiger partial charge >= 0.3 is 0 Å². The highest BCUT2D eigenvalue weighted by Crippen LogP contribution is 2.41. The number of carbonyl (C=O) groups is 2. The van der Waals surface area contributed by atoms with Crippen LogP contribution in [0.15, 0.2) is 77.2 Å². The minimum absolute atomic E-state index is 0.0446. The molecule has 1 aliphatic rings. The van der Waals surface area contributed by atoms with E-state index in [2.05, 4.69) is 10.3 Å². The van der Waals surface area contributed by atoms with Gasteiger partial charge in [-0.1, -0.05) is 0 Å². The van der Waals surface area contributed by atoms with Crippen molar-refractivity contribution in [1.29, 1.82) is 0 Å². The van der Waals surface area contributed by atoms with E-state index in [0.717, 1.165) is 10.6 Å². The highest BCUT2D eigenvalue weighted by molar-refractivity contribution is 7.92. The lowest BCUT2D eigenvalue weighted by Gasteiger charge is -2.28. The molecule has 0 fully saturated rings. The number of fused-ring (bicyclic) bond motifs is 2. The molecule has 0 atom stereocenters. The van der Waals surface area contributed by atoms with Crippen LogP contribution < -0.4 is 19.3 Å². The van der Waals surface area contributed by atoms with Crippen molar-refractivity contribution in [2.75, 3.05) is 36.3 Å². The summed E-state index contributed by atoms with van der Waals surface area (Å²) in [5, 5.41) is 2.92. The van der Waals surface area contributed by atoms with E-state index in [9.17, 15) is 26.8 Å². The molecule has 0 radical (unpaired) electrons. The maximum atomic E-state index is 13.7. The maximum Gasteiger partial charge on any atom is 0.283 e. The van der Waals surface area contributed by atoms with Crippen molar-refractivity contribution >= 4 is 44.2 Å². The van der Waals surface area contributed by atoms with Gasteiger partial charge in [0, 0.05) is 42.4 Å². The van der Waals surface area contributed by atoms with Crippen molar-refractivity contribution in [3.8, 4) is 28.3 Å². The van der Waals surface area contributed by atoms with Crippen LogP contribution in [0.4, 0.5) is 20.2 Å². The number of aromatic nitrogens is 1. The number of halogens is 2. The van der Waals surface area contributed by atoms with Crippen LogP contribution in [0.3, 0.4) is 0 Å². The highest BCUT2D eigenvalue weighted by atomic mass is 32.2. The van der Waals surface area contributed by atoms with Crippen molar-refractivity contribution in [2.45, 2.75) is 0 Å². The number of ether oxygens (including phenoxy) is 1. The van der Waals surface area contributed by atoms with E-state index in [4.69, 9.17) is 9.15 Å². The lowest BCUT2D eigenvalue weighted by molar-refractivity contribution is 0.0928. The number of nitrogens with one attached hydrogen (secondary N) is 1. The Morgan fingerprint density at radius 2 is 1.66 bits per heavy atom. The molecule has 13 heteroatoms. The molecule has 10 nitrogen and oxygen atoms in total. The van der Waals surface area contributed by atoms with Gasteiger partial charge in [-0.15, -0.1) is 0 Å². The molecule has 6 rings (SSSR count). The van der Waals surface area contributed by atoms with Crippen LogP contribution >= 0.6 is 0 Å². The molecule has 0 unspecified atom stereocenters. The fourth-order valence-corrected chi connectivity index (χ4v) is 5.44. The molecule has 0 bridgehead atoms. The molecule has 5 aromatic rings. The lowest BCUT2D eigenvalue weighted by Crippen LogP contribution is -2.39. The SMILES string of the molecule is CNC(=O)c1c(-c2ccc(F)cc2)oc2cc(N(C)S(C)(=O)=O)c(-c3ccc4c(n3)C(=O)N(c3ccc(F)cc3)CO4)cc12. The van der Waals surface area contributed by atoms with Gasteiger partial charge in [0.25, 0.3) is 11.8 Å². The topological polar surface area (TPSA) is 122 Å². The zero-order chi connectivity index (χ0) is 31.3. The fraction of sp³-hybridized carbons (Fsp3) is 0.129. The van der Waals surface area contributed by atoms with E-state index in [1.54, 1.807) is 18.2 Å². The first-order valence-electron chi connectivity index (χ1n) is 13.2. The summed E-state index contributed by atoms with van der Waals surface area (Å²) in [6.07, 6.45) is 1.03. The average Bonchev–Trinajstić information content (AvgIpc) is 3.38. The number of amides is 2. The Hall–Kier alpha value is -5.30. The van der Waals surface area contributed by atoms with Crippen LogP contribution in [0.25, 0.3) is 33.6 Å². The van der Waals surface area contributed by atoms with E-state index in [1.807, 2.05) is 0 Å². The molecule has 0 spiro atoms. The Morgan fingerprint density at radius 3 is 2.30 bits per heavy atom. The summed E-state index contributed by atoms with van der Waals surface area (Å²) in [6.45, 7) is -0.122. The number of hydrogen-bond donors (Lipinski definition) is 1. The Labute approximate surface area is 250 Å². The average molecular weight is 619 g/mol. The van der Waals surface area contributed by atoms with Gasteiger partial charge in [-0.3, -0.25) is 18.8 Å². The van der Waals surface area contributed by atoms with Crippen molar-refractivity contribution in [3.63, 3.8) is 0 Å². The van der Waals surface area contributed by atoms with Gasteiger partial charge in [-0.2, -0.15) is 0 Å². The number of anilines is 2. The number of hydrogen-bond acceptors (Lipinski definition) is 7. The Bertz CT molecular complexity index is 2060. The summed E-state index contributed by atoms with van der Waals surface area (Å²) in [5.41, 5.74) is 1.76. The largest absolute Gasteiger partial charge is 0.470 e. The molecule has 1 N–H and O–H groups in total. The molecule has 0 saturated heterocycles. The van der Waals surface area contributed by atoms with Crippen LogP contribution in [0.2, 0.25) is 0 Å². The first kappa shape index (κ1) is 28.8. The van der Waals surface area contributed by atoms with E-state index >= 15 is 0 Å². The molecule has 224 valence electrons. The number of rotatable bonds is 6. The van der Waals surface area contributed by atoms with Gasteiger partial charge in [0.15, 0.2) is 18.2 Å². The van der Waals surface area contributed by atoms with Gasteiger partial charge in [-0.05, 0) is 66.7 Å². The second-order valence-electron chi connectivity index (χ2n) is 10.0. The van der Waals surface area contributed by atoms with Gasteiger partial charge in [0.2, 0.25) is 10.0 Å². The standard InChI is InChI=1S/C31H24F2N4O6S/c1-34-30(38)27-22-14-21(23-12-13-25-28(35-23)31(39)37(16-42-25)20-10-8-19(33)9-11-20)24(36(2)44(3,40)41)15-26(22)43-29(27)17-4-6-18(32)7-5-17/h4-15H,16H2,1-3H3,(H,34,38). The molecule has 1 aliphatic heterocycles. The van der Waals surface area contributed by atoms with Gasteiger partial charge in [-0.25, -0.2) is 22.2 Å². The predicted molar refractivity (Wildman–Crippen MR) is 160 cm³/mol. The molecular weight excluding hydrogens is 594 g/mol. The summed E-state index contributed by atoms with van der Waals surface area (Å²) in [5.74, 6) is -1.57. The molecule has 2 amide bonds. The van der Waals surface area contributed by atoms with Crippen LogP contribution in [-0.2, 0) is 10.0 Å². The third-order valence-electron chi connectivity index (χ3n) is 7.27. The number of benzene rings is 3. The van der Waals surface area contributed by atoms with Crippen molar-refractivity contribution in [3.05, 3.63) is 95.7 Å². The quantitative estimate of drug-likeness (QED) is 0.278. The van der Waals surface area contributed by atoms with E-state index in [-0.39, 0.29) is 52.0 Å². The molecule has 2 aromatic heterocycles. The predicted octanol–water partition coefficient (Wildman–Crippen LogP) is 5.19. The number of carbonyl (C=O) groups excluding carboxylic acids is 2. The molecular formula is C31H24F2N4O6S.